The normalized spacial score (nSPS) is 10.1. The van der Waals surface area contributed by atoms with Crippen LogP contribution in [0.5, 0.6) is 11.5 Å². The molecule has 0 saturated heterocycles. The Bertz CT molecular complexity index is 588. The summed E-state index contributed by atoms with van der Waals surface area (Å²) in [7, 11) is 1.60. The number of ether oxygens (including phenoxy) is 1. The molecule has 2 aromatic rings. The lowest BCUT2D eigenvalue weighted by Gasteiger charge is -2.07. The number of hydrogen-bond acceptors (Lipinski definition) is 3. The van der Waals surface area contributed by atoms with Crippen LogP contribution in [-0.4, -0.2) is 18.0 Å². The van der Waals surface area contributed by atoms with E-state index in [9.17, 15) is 9.90 Å². The largest absolute Gasteiger partial charge is 0.508 e. The van der Waals surface area contributed by atoms with Gasteiger partial charge in [0.1, 0.15) is 11.5 Å². The number of benzene rings is 2. The fourth-order valence-electron chi connectivity index (χ4n) is 1.83. The van der Waals surface area contributed by atoms with Crippen LogP contribution < -0.4 is 4.74 Å². The number of carbonyl (C=O) groups is 1. The van der Waals surface area contributed by atoms with Gasteiger partial charge in [-0.15, -0.1) is 0 Å². The molecular formula is C15H14O3. The summed E-state index contributed by atoms with van der Waals surface area (Å²) in [6.45, 7) is 1.89. The highest BCUT2D eigenvalue weighted by atomic mass is 16.5. The summed E-state index contributed by atoms with van der Waals surface area (Å²) in [4.78, 5) is 12.2. The Morgan fingerprint density at radius 3 is 2.44 bits per heavy atom. The van der Waals surface area contributed by atoms with Gasteiger partial charge in [-0.05, 0) is 42.8 Å². The third-order valence-corrected chi connectivity index (χ3v) is 2.77. The number of ketones is 1. The molecule has 0 radical (unpaired) electrons. The predicted octanol–water partition coefficient (Wildman–Crippen LogP) is 2.94. The molecule has 0 aromatic heterocycles. The number of carbonyl (C=O) groups excluding carboxylic acids is 1. The molecule has 1 N–H and O–H groups in total. The van der Waals surface area contributed by atoms with E-state index < -0.39 is 0 Å². The molecule has 0 saturated carbocycles. The summed E-state index contributed by atoms with van der Waals surface area (Å²) in [6, 6.07) is 11.6. The van der Waals surface area contributed by atoms with E-state index in [0.29, 0.717) is 11.1 Å². The van der Waals surface area contributed by atoms with Gasteiger partial charge in [-0.2, -0.15) is 0 Å². The van der Waals surface area contributed by atoms with Crippen molar-refractivity contribution in [3.05, 3.63) is 59.2 Å². The third kappa shape index (κ3) is 2.35. The van der Waals surface area contributed by atoms with Crippen molar-refractivity contribution >= 4 is 5.78 Å². The second kappa shape index (κ2) is 4.92. The molecular weight excluding hydrogens is 228 g/mol. The Labute approximate surface area is 106 Å². The van der Waals surface area contributed by atoms with Gasteiger partial charge >= 0.3 is 0 Å². The minimum Gasteiger partial charge on any atom is -0.508 e. The standard InChI is InChI=1S/C15H14O3/c1-10-8-12(6-7-14(10)18-2)15(17)11-4-3-5-13(16)9-11/h3-9,16H,1-2H3. The van der Waals surface area contributed by atoms with E-state index in [1.54, 1.807) is 37.4 Å². The van der Waals surface area contributed by atoms with Crippen LogP contribution in [0, 0.1) is 6.92 Å². The highest BCUT2D eigenvalue weighted by Crippen LogP contribution is 2.21. The van der Waals surface area contributed by atoms with E-state index in [1.807, 2.05) is 6.92 Å². The zero-order chi connectivity index (χ0) is 13.1. The fourth-order valence-corrected chi connectivity index (χ4v) is 1.83. The third-order valence-electron chi connectivity index (χ3n) is 2.77. The molecule has 0 spiro atoms. The first-order valence-corrected chi connectivity index (χ1v) is 5.60. The Hall–Kier alpha value is -2.29. The zero-order valence-electron chi connectivity index (χ0n) is 10.3. The molecule has 92 valence electrons. The van der Waals surface area contributed by atoms with Gasteiger partial charge in [-0.25, -0.2) is 0 Å². The topological polar surface area (TPSA) is 46.5 Å². The monoisotopic (exact) mass is 242 g/mol. The molecule has 0 aliphatic carbocycles. The maximum absolute atomic E-state index is 12.2. The van der Waals surface area contributed by atoms with E-state index >= 15 is 0 Å². The fraction of sp³-hybridized carbons (Fsp3) is 0.133. The minimum atomic E-state index is -0.114. The summed E-state index contributed by atoms with van der Waals surface area (Å²) >= 11 is 0. The van der Waals surface area contributed by atoms with Crippen LogP contribution in [0.1, 0.15) is 21.5 Å². The molecule has 0 atom stereocenters. The second-order valence-electron chi connectivity index (χ2n) is 4.06. The van der Waals surface area contributed by atoms with E-state index in [2.05, 4.69) is 0 Å². The smallest absolute Gasteiger partial charge is 0.193 e. The van der Waals surface area contributed by atoms with Gasteiger partial charge in [-0.1, -0.05) is 12.1 Å². The molecule has 0 fully saturated rings. The molecule has 0 aliphatic rings. The molecule has 0 aliphatic heterocycles. The van der Waals surface area contributed by atoms with Crippen molar-refractivity contribution in [1.82, 2.24) is 0 Å². The Balaban J connectivity index is 2.37. The average molecular weight is 242 g/mol. The van der Waals surface area contributed by atoms with Gasteiger partial charge in [0.2, 0.25) is 0 Å². The average Bonchev–Trinajstić information content (AvgIpc) is 2.37. The van der Waals surface area contributed by atoms with Gasteiger partial charge in [-0.3, -0.25) is 4.79 Å². The van der Waals surface area contributed by atoms with Crippen molar-refractivity contribution in [1.29, 1.82) is 0 Å². The van der Waals surface area contributed by atoms with E-state index in [4.69, 9.17) is 4.74 Å². The van der Waals surface area contributed by atoms with Crippen LogP contribution in [0.4, 0.5) is 0 Å². The van der Waals surface area contributed by atoms with Crippen molar-refractivity contribution in [2.45, 2.75) is 6.92 Å². The van der Waals surface area contributed by atoms with Crippen LogP contribution in [0.3, 0.4) is 0 Å². The summed E-state index contributed by atoms with van der Waals surface area (Å²) in [5.41, 5.74) is 1.96. The van der Waals surface area contributed by atoms with Gasteiger partial charge in [0, 0.05) is 11.1 Å². The number of phenolic OH excluding ortho intramolecular Hbond substituents is 1. The maximum atomic E-state index is 12.2. The molecule has 3 nitrogen and oxygen atoms in total. The van der Waals surface area contributed by atoms with Gasteiger partial charge in [0.15, 0.2) is 5.78 Å². The molecule has 0 bridgehead atoms. The second-order valence-corrected chi connectivity index (χ2v) is 4.06. The van der Waals surface area contributed by atoms with Crippen molar-refractivity contribution in [2.75, 3.05) is 7.11 Å². The summed E-state index contributed by atoms with van der Waals surface area (Å²) in [5.74, 6) is 0.727. The summed E-state index contributed by atoms with van der Waals surface area (Å²) in [5, 5.41) is 9.37. The first-order valence-electron chi connectivity index (χ1n) is 5.60. The zero-order valence-corrected chi connectivity index (χ0v) is 10.3. The molecule has 2 aromatic carbocycles. The molecule has 2 rings (SSSR count). The molecule has 0 heterocycles. The lowest BCUT2D eigenvalue weighted by Crippen LogP contribution is -2.01. The van der Waals surface area contributed by atoms with Crippen molar-refractivity contribution in [2.24, 2.45) is 0 Å². The highest BCUT2D eigenvalue weighted by Gasteiger charge is 2.11. The number of aromatic hydroxyl groups is 1. The van der Waals surface area contributed by atoms with Crippen molar-refractivity contribution < 1.29 is 14.6 Å². The summed E-state index contributed by atoms with van der Waals surface area (Å²) < 4.78 is 5.15. The van der Waals surface area contributed by atoms with Crippen molar-refractivity contribution in [3.8, 4) is 11.5 Å². The van der Waals surface area contributed by atoms with Crippen LogP contribution in [0.2, 0.25) is 0 Å². The molecule has 0 unspecified atom stereocenters. The number of methoxy groups -OCH3 is 1. The lowest BCUT2D eigenvalue weighted by molar-refractivity contribution is 0.103. The Kier molecular flexibility index (Phi) is 3.33. The molecule has 18 heavy (non-hydrogen) atoms. The SMILES string of the molecule is COc1ccc(C(=O)c2cccc(O)c2)cc1C. The number of phenols is 1. The quantitative estimate of drug-likeness (QED) is 0.842. The van der Waals surface area contributed by atoms with Gasteiger partial charge < -0.3 is 9.84 Å². The van der Waals surface area contributed by atoms with Crippen LogP contribution >= 0.6 is 0 Å². The maximum Gasteiger partial charge on any atom is 0.193 e. The first kappa shape index (κ1) is 12.2. The van der Waals surface area contributed by atoms with E-state index in [-0.39, 0.29) is 11.5 Å². The van der Waals surface area contributed by atoms with E-state index in [0.717, 1.165) is 11.3 Å². The van der Waals surface area contributed by atoms with Crippen molar-refractivity contribution in [3.63, 3.8) is 0 Å². The Morgan fingerprint density at radius 2 is 1.83 bits per heavy atom. The van der Waals surface area contributed by atoms with Gasteiger partial charge in [0.05, 0.1) is 7.11 Å². The van der Waals surface area contributed by atoms with E-state index in [1.165, 1.54) is 12.1 Å². The van der Waals surface area contributed by atoms with Crippen LogP contribution in [0.25, 0.3) is 0 Å². The minimum absolute atomic E-state index is 0.0890. The van der Waals surface area contributed by atoms with Crippen LogP contribution in [0.15, 0.2) is 42.5 Å². The number of aryl methyl sites for hydroxylation is 1. The molecule has 3 heteroatoms. The summed E-state index contributed by atoms with van der Waals surface area (Å²) in [6.07, 6.45) is 0. The highest BCUT2D eigenvalue weighted by molar-refractivity contribution is 6.09. The van der Waals surface area contributed by atoms with Crippen LogP contribution in [-0.2, 0) is 0 Å². The predicted molar refractivity (Wildman–Crippen MR) is 69.3 cm³/mol. The van der Waals surface area contributed by atoms with Gasteiger partial charge in [0.25, 0.3) is 0 Å². The first-order chi connectivity index (χ1) is 8.61. The molecule has 0 amide bonds. The lowest BCUT2D eigenvalue weighted by atomic mass is 10.0. The Morgan fingerprint density at radius 1 is 1.11 bits per heavy atom. The number of hydrogen-bond donors (Lipinski definition) is 1. The number of rotatable bonds is 3.